The summed E-state index contributed by atoms with van der Waals surface area (Å²) in [5.74, 6) is 0.119. The zero-order valence-electron chi connectivity index (χ0n) is 14.4. The van der Waals surface area contributed by atoms with Crippen molar-refractivity contribution in [2.45, 2.75) is 13.0 Å². The maximum absolute atomic E-state index is 12.0. The van der Waals surface area contributed by atoms with E-state index in [0.717, 1.165) is 5.56 Å². The highest BCUT2D eigenvalue weighted by molar-refractivity contribution is 5.91. The Kier molecular flexibility index (Phi) is 5.36. The van der Waals surface area contributed by atoms with Crippen LogP contribution in [-0.2, 0) is 4.79 Å². The van der Waals surface area contributed by atoms with Gasteiger partial charge < -0.3 is 9.84 Å². The first-order valence-electron chi connectivity index (χ1n) is 8.15. The number of nitro benzene ring substituents is 1. The summed E-state index contributed by atoms with van der Waals surface area (Å²) in [6.07, 6.45) is 3.12. The third-order valence-corrected chi connectivity index (χ3v) is 3.71. The van der Waals surface area contributed by atoms with Crippen LogP contribution in [0.5, 0.6) is 0 Å². The lowest BCUT2D eigenvalue weighted by molar-refractivity contribution is -0.384. The first-order chi connectivity index (χ1) is 13.0. The Morgan fingerprint density at radius 3 is 2.74 bits per heavy atom. The molecule has 3 aromatic rings. The lowest BCUT2D eigenvalue weighted by Crippen LogP contribution is -2.24. The van der Waals surface area contributed by atoms with Crippen LogP contribution < -0.4 is 5.32 Å². The van der Waals surface area contributed by atoms with Gasteiger partial charge in [-0.15, -0.1) is 0 Å². The Morgan fingerprint density at radius 2 is 2.00 bits per heavy atom. The van der Waals surface area contributed by atoms with Crippen molar-refractivity contribution < 1.29 is 14.2 Å². The van der Waals surface area contributed by atoms with E-state index < -0.39 is 11.0 Å². The predicted molar refractivity (Wildman–Crippen MR) is 98.4 cm³/mol. The molecule has 1 amide bonds. The van der Waals surface area contributed by atoms with E-state index >= 15 is 0 Å². The molecule has 27 heavy (non-hydrogen) atoms. The SMILES string of the molecule is CC(NC(=O)/C=C/c1ccccc1)c1nc(-c2cccc([N+](=O)[O-])c2)no1. The molecule has 0 aliphatic carbocycles. The largest absolute Gasteiger partial charge is 0.341 e. The average Bonchev–Trinajstić information content (AvgIpc) is 3.18. The van der Waals surface area contributed by atoms with Gasteiger partial charge >= 0.3 is 0 Å². The fourth-order valence-corrected chi connectivity index (χ4v) is 2.35. The van der Waals surface area contributed by atoms with Crippen molar-refractivity contribution in [3.8, 4) is 11.4 Å². The molecule has 0 aliphatic rings. The minimum Gasteiger partial charge on any atom is -0.341 e. The van der Waals surface area contributed by atoms with E-state index in [1.165, 1.54) is 18.2 Å². The van der Waals surface area contributed by atoms with Gasteiger partial charge in [-0.25, -0.2) is 0 Å². The maximum Gasteiger partial charge on any atom is 0.270 e. The molecule has 0 aliphatic heterocycles. The Balaban J connectivity index is 1.67. The van der Waals surface area contributed by atoms with Crippen molar-refractivity contribution in [1.29, 1.82) is 0 Å². The van der Waals surface area contributed by atoms with Crippen LogP contribution in [0.15, 0.2) is 65.2 Å². The normalized spacial score (nSPS) is 12.0. The Hall–Kier alpha value is -3.81. The number of aromatic nitrogens is 2. The molecule has 1 heterocycles. The lowest BCUT2D eigenvalue weighted by Gasteiger charge is -2.06. The fraction of sp³-hybridized carbons (Fsp3) is 0.105. The van der Waals surface area contributed by atoms with Gasteiger partial charge in [0.15, 0.2) is 0 Å². The number of nitro groups is 1. The third kappa shape index (κ3) is 4.63. The number of nitrogens with zero attached hydrogens (tertiary/aromatic N) is 3. The molecule has 2 aromatic carbocycles. The van der Waals surface area contributed by atoms with Crippen LogP contribution in [-0.4, -0.2) is 21.0 Å². The molecular formula is C19H16N4O4. The number of non-ortho nitro benzene ring substituents is 1. The van der Waals surface area contributed by atoms with Crippen LogP contribution >= 0.6 is 0 Å². The van der Waals surface area contributed by atoms with Crippen LogP contribution in [0.25, 0.3) is 17.5 Å². The Labute approximate surface area is 154 Å². The highest BCUT2D eigenvalue weighted by atomic mass is 16.6. The van der Waals surface area contributed by atoms with Gasteiger partial charge in [-0.1, -0.05) is 47.6 Å². The van der Waals surface area contributed by atoms with E-state index in [9.17, 15) is 14.9 Å². The van der Waals surface area contributed by atoms with Gasteiger partial charge in [0.25, 0.3) is 5.69 Å². The molecule has 1 unspecified atom stereocenters. The molecule has 1 atom stereocenters. The van der Waals surface area contributed by atoms with Crippen LogP contribution in [0, 0.1) is 10.1 Å². The molecule has 8 nitrogen and oxygen atoms in total. The molecule has 3 rings (SSSR count). The number of hydrogen-bond donors (Lipinski definition) is 1. The first-order valence-corrected chi connectivity index (χ1v) is 8.15. The quantitative estimate of drug-likeness (QED) is 0.407. The van der Waals surface area contributed by atoms with Gasteiger partial charge in [0.05, 0.1) is 4.92 Å². The summed E-state index contributed by atoms with van der Waals surface area (Å²) in [6, 6.07) is 14.9. The zero-order valence-corrected chi connectivity index (χ0v) is 14.4. The molecule has 0 saturated heterocycles. The van der Waals surface area contributed by atoms with Crippen LogP contribution in [0.4, 0.5) is 5.69 Å². The lowest BCUT2D eigenvalue weighted by atomic mass is 10.2. The second-order valence-electron chi connectivity index (χ2n) is 5.74. The van der Waals surface area contributed by atoms with Gasteiger partial charge in [0.2, 0.25) is 17.6 Å². The summed E-state index contributed by atoms with van der Waals surface area (Å²) in [7, 11) is 0. The fourth-order valence-electron chi connectivity index (χ4n) is 2.35. The second-order valence-corrected chi connectivity index (χ2v) is 5.74. The number of nitrogens with one attached hydrogen (secondary N) is 1. The number of carbonyl (C=O) groups is 1. The van der Waals surface area contributed by atoms with Gasteiger partial charge in [0.1, 0.15) is 6.04 Å². The summed E-state index contributed by atoms with van der Waals surface area (Å²) in [5.41, 5.74) is 1.30. The van der Waals surface area contributed by atoms with Crippen molar-refractivity contribution in [3.63, 3.8) is 0 Å². The minimum atomic E-state index is -0.516. The van der Waals surface area contributed by atoms with Gasteiger partial charge in [-0.05, 0) is 18.6 Å². The number of benzene rings is 2. The minimum absolute atomic E-state index is 0.0637. The van der Waals surface area contributed by atoms with Crippen LogP contribution in [0.2, 0.25) is 0 Å². The van der Waals surface area contributed by atoms with Crippen LogP contribution in [0.1, 0.15) is 24.4 Å². The van der Waals surface area contributed by atoms with Crippen molar-refractivity contribution in [2.24, 2.45) is 0 Å². The van der Waals surface area contributed by atoms with E-state index in [-0.39, 0.29) is 23.3 Å². The maximum atomic E-state index is 12.0. The van der Waals surface area contributed by atoms with Crippen molar-refractivity contribution >= 4 is 17.7 Å². The standard InChI is InChI=1S/C19H16N4O4/c1-13(20-17(24)11-10-14-6-3-2-4-7-14)19-21-18(22-27-19)15-8-5-9-16(12-15)23(25)26/h2-13H,1H3,(H,20,24)/b11-10+. The molecule has 1 aromatic heterocycles. The molecule has 8 heteroatoms. The van der Waals surface area contributed by atoms with E-state index in [1.54, 1.807) is 25.1 Å². The molecule has 0 fully saturated rings. The number of carbonyl (C=O) groups excluding carboxylic acids is 1. The van der Waals surface area contributed by atoms with E-state index in [1.807, 2.05) is 30.3 Å². The van der Waals surface area contributed by atoms with Gasteiger partial charge in [-0.2, -0.15) is 4.98 Å². The van der Waals surface area contributed by atoms with E-state index in [0.29, 0.717) is 5.56 Å². The molecule has 1 N–H and O–H groups in total. The Morgan fingerprint density at radius 1 is 1.22 bits per heavy atom. The van der Waals surface area contributed by atoms with Crippen LogP contribution in [0.3, 0.4) is 0 Å². The zero-order chi connectivity index (χ0) is 19.2. The highest BCUT2D eigenvalue weighted by Crippen LogP contribution is 2.22. The molecule has 136 valence electrons. The molecular weight excluding hydrogens is 348 g/mol. The summed E-state index contributed by atoms with van der Waals surface area (Å²) in [5, 5.41) is 17.4. The average molecular weight is 364 g/mol. The highest BCUT2D eigenvalue weighted by Gasteiger charge is 2.17. The third-order valence-electron chi connectivity index (χ3n) is 3.71. The molecule has 0 bridgehead atoms. The number of rotatable bonds is 6. The number of hydrogen-bond acceptors (Lipinski definition) is 6. The van der Waals surface area contributed by atoms with E-state index in [2.05, 4.69) is 15.5 Å². The second kappa shape index (κ2) is 8.05. The smallest absolute Gasteiger partial charge is 0.270 e. The summed E-state index contributed by atoms with van der Waals surface area (Å²) >= 11 is 0. The molecule has 0 radical (unpaired) electrons. The first kappa shape index (κ1) is 18.0. The Bertz CT molecular complexity index is 982. The number of amides is 1. The monoisotopic (exact) mass is 364 g/mol. The summed E-state index contributed by atoms with van der Waals surface area (Å²) < 4.78 is 5.18. The molecule has 0 saturated carbocycles. The van der Waals surface area contributed by atoms with Gasteiger partial charge in [0, 0.05) is 23.8 Å². The van der Waals surface area contributed by atoms with Crippen molar-refractivity contribution in [3.05, 3.63) is 82.2 Å². The molecule has 0 spiro atoms. The van der Waals surface area contributed by atoms with Gasteiger partial charge in [-0.3, -0.25) is 14.9 Å². The summed E-state index contributed by atoms with van der Waals surface area (Å²) in [6.45, 7) is 1.71. The van der Waals surface area contributed by atoms with E-state index in [4.69, 9.17) is 4.52 Å². The van der Waals surface area contributed by atoms with Crippen molar-refractivity contribution in [1.82, 2.24) is 15.5 Å². The van der Waals surface area contributed by atoms with Crippen molar-refractivity contribution in [2.75, 3.05) is 0 Å². The summed E-state index contributed by atoms with van der Waals surface area (Å²) in [4.78, 5) is 26.6. The topological polar surface area (TPSA) is 111 Å². The predicted octanol–water partition coefficient (Wildman–Crippen LogP) is 3.54.